The number of nitrogens with zero attached hydrogens (tertiary/aromatic N) is 1. The lowest BCUT2D eigenvalue weighted by Gasteiger charge is -2.17. The number of hydrogen-bond acceptors (Lipinski definition) is 2. The highest BCUT2D eigenvalue weighted by Gasteiger charge is 2.41. The van der Waals surface area contributed by atoms with Gasteiger partial charge in [-0.15, -0.1) is 0 Å². The number of nitriles is 1. The van der Waals surface area contributed by atoms with Gasteiger partial charge in [0, 0.05) is 0 Å². The smallest absolute Gasteiger partial charge is 0.419 e. The molecule has 0 N–H and O–H groups in total. The van der Waals surface area contributed by atoms with Crippen molar-refractivity contribution in [2.75, 3.05) is 6.61 Å². The van der Waals surface area contributed by atoms with Gasteiger partial charge in [-0.05, 0) is 12.1 Å². The van der Waals surface area contributed by atoms with Crippen LogP contribution in [0.3, 0.4) is 0 Å². The zero-order valence-electron chi connectivity index (χ0n) is 9.22. The fraction of sp³-hybridized carbons (Fsp3) is 0.364. The molecule has 0 aliphatic rings. The Hall–Kier alpha value is -1.91. The molecular formula is C11H7F6NO. The van der Waals surface area contributed by atoms with Crippen LogP contribution < -0.4 is 4.74 Å². The Kier molecular flexibility index (Phi) is 4.29. The maximum Gasteiger partial charge on any atom is 0.419 e. The van der Waals surface area contributed by atoms with Gasteiger partial charge in [0.15, 0.2) is 5.92 Å². The Morgan fingerprint density at radius 1 is 1.11 bits per heavy atom. The Labute approximate surface area is 104 Å². The van der Waals surface area contributed by atoms with Crippen LogP contribution in [-0.4, -0.2) is 12.8 Å². The van der Waals surface area contributed by atoms with Crippen LogP contribution in [0.1, 0.15) is 5.56 Å². The number of halogens is 6. The lowest BCUT2D eigenvalue weighted by Crippen LogP contribution is -2.27. The molecule has 104 valence electrons. The topological polar surface area (TPSA) is 33.0 Å². The van der Waals surface area contributed by atoms with Crippen molar-refractivity contribution >= 4 is 0 Å². The van der Waals surface area contributed by atoms with Crippen LogP contribution in [0.15, 0.2) is 24.3 Å². The molecule has 0 saturated heterocycles. The van der Waals surface area contributed by atoms with Gasteiger partial charge in [-0.25, -0.2) is 0 Å². The molecule has 0 spiro atoms. The van der Waals surface area contributed by atoms with E-state index in [1.807, 2.05) is 0 Å². The van der Waals surface area contributed by atoms with Crippen molar-refractivity contribution in [2.24, 2.45) is 5.92 Å². The molecular weight excluding hydrogens is 276 g/mol. The highest BCUT2D eigenvalue weighted by atomic mass is 19.4. The van der Waals surface area contributed by atoms with Gasteiger partial charge >= 0.3 is 12.4 Å². The zero-order chi connectivity index (χ0) is 14.7. The van der Waals surface area contributed by atoms with Crippen LogP contribution in [-0.2, 0) is 6.18 Å². The SMILES string of the molecule is N#CC(COc1ccccc1C(F)(F)F)C(F)(F)F. The minimum atomic E-state index is -4.85. The normalized spacial score (nSPS) is 13.7. The van der Waals surface area contributed by atoms with E-state index < -0.39 is 36.2 Å². The average Bonchev–Trinajstić information content (AvgIpc) is 2.27. The molecule has 8 heteroatoms. The first-order valence-electron chi connectivity index (χ1n) is 4.91. The second kappa shape index (κ2) is 5.38. The molecule has 0 bridgehead atoms. The summed E-state index contributed by atoms with van der Waals surface area (Å²) < 4.78 is 78.7. The summed E-state index contributed by atoms with van der Waals surface area (Å²) in [5, 5.41) is 8.30. The standard InChI is InChI=1S/C11H7F6NO/c12-10(13,14)7(5-18)6-19-9-4-2-1-3-8(9)11(15,16)17/h1-4,7H,6H2. The fourth-order valence-corrected chi connectivity index (χ4v) is 1.20. The van der Waals surface area contributed by atoms with E-state index >= 15 is 0 Å². The number of benzene rings is 1. The van der Waals surface area contributed by atoms with E-state index in [4.69, 9.17) is 5.26 Å². The van der Waals surface area contributed by atoms with Crippen molar-refractivity contribution in [1.29, 1.82) is 5.26 Å². The van der Waals surface area contributed by atoms with E-state index in [9.17, 15) is 26.3 Å². The molecule has 0 amide bonds. The highest BCUT2D eigenvalue weighted by Crippen LogP contribution is 2.36. The van der Waals surface area contributed by atoms with Crippen molar-refractivity contribution in [3.8, 4) is 11.8 Å². The lowest BCUT2D eigenvalue weighted by atomic mass is 10.1. The van der Waals surface area contributed by atoms with Crippen LogP contribution in [0.25, 0.3) is 0 Å². The van der Waals surface area contributed by atoms with Gasteiger partial charge in [-0.1, -0.05) is 12.1 Å². The predicted molar refractivity (Wildman–Crippen MR) is 52.1 cm³/mol. The summed E-state index contributed by atoms with van der Waals surface area (Å²) in [5.41, 5.74) is -1.19. The van der Waals surface area contributed by atoms with Gasteiger partial charge in [0.1, 0.15) is 12.4 Å². The van der Waals surface area contributed by atoms with Gasteiger partial charge in [0.2, 0.25) is 0 Å². The molecule has 0 radical (unpaired) electrons. The van der Waals surface area contributed by atoms with Crippen molar-refractivity contribution in [1.82, 2.24) is 0 Å². The molecule has 0 aliphatic heterocycles. The van der Waals surface area contributed by atoms with Crippen LogP contribution in [0.2, 0.25) is 0 Å². The van der Waals surface area contributed by atoms with E-state index in [-0.39, 0.29) is 0 Å². The number of hydrogen-bond donors (Lipinski definition) is 0. The van der Waals surface area contributed by atoms with Crippen molar-refractivity contribution in [3.63, 3.8) is 0 Å². The van der Waals surface area contributed by atoms with E-state index in [0.717, 1.165) is 18.2 Å². The fourth-order valence-electron chi connectivity index (χ4n) is 1.20. The average molecular weight is 283 g/mol. The summed E-state index contributed by atoms with van der Waals surface area (Å²) in [5.74, 6) is -3.21. The van der Waals surface area contributed by atoms with Gasteiger partial charge in [0.05, 0.1) is 11.6 Å². The van der Waals surface area contributed by atoms with E-state index in [1.54, 1.807) is 0 Å². The van der Waals surface area contributed by atoms with Crippen molar-refractivity contribution in [2.45, 2.75) is 12.4 Å². The molecule has 0 fully saturated rings. The first-order chi connectivity index (χ1) is 8.66. The second-order valence-electron chi connectivity index (χ2n) is 3.53. The van der Waals surface area contributed by atoms with E-state index in [1.165, 1.54) is 6.07 Å². The summed E-state index contributed by atoms with van der Waals surface area (Å²) in [6.45, 7) is -1.19. The number of alkyl halides is 6. The third-order valence-electron chi connectivity index (χ3n) is 2.15. The van der Waals surface area contributed by atoms with E-state index in [2.05, 4.69) is 4.74 Å². The Balaban J connectivity index is 2.88. The summed E-state index contributed by atoms with van der Waals surface area (Å²) >= 11 is 0. The van der Waals surface area contributed by atoms with Crippen molar-refractivity contribution in [3.05, 3.63) is 29.8 Å². The van der Waals surface area contributed by atoms with Crippen LogP contribution in [0, 0.1) is 17.2 Å². The third kappa shape index (κ3) is 4.05. The van der Waals surface area contributed by atoms with Crippen LogP contribution >= 0.6 is 0 Å². The molecule has 1 rings (SSSR count). The largest absolute Gasteiger partial charge is 0.491 e. The molecule has 0 aromatic heterocycles. The molecule has 1 unspecified atom stereocenters. The molecule has 2 nitrogen and oxygen atoms in total. The van der Waals surface area contributed by atoms with Gasteiger partial charge in [-0.3, -0.25) is 0 Å². The maximum atomic E-state index is 12.5. The number of ether oxygens (including phenoxy) is 1. The second-order valence-corrected chi connectivity index (χ2v) is 3.53. The Bertz CT molecular complexity index is 473. The highest BCUT2D eigenvalue weighted by molar-refractivity contribution is 5.35. The number of para-hydroxylation sites is 1. The Morgan fingerprint density at radius 3 is 2.16 bits per heavy atom. The molecule has 1 atom stereocenters. The van der Waals surface area contributed by atoms with E-state index in [0.29, 0.717) is 6.07 Å². The predicted octanol–water partition coefficient (Wildman–Crippen LogP) is 3.79. The summed E-state index contributed by atoms with van der Waals surface area (Å²) in [6, 6.07) is 4.80. The quantitative estimate of drug-likeness (QED) is 0.791. The summed E-state index contributed by atoms with van der Waals surface area (Å²) in [6.07, 6.45) is -9.58. The van der Waals surface area contributed by atoms with Crippen LogP contribution in [0.4, 0.5) is 26.3 Å². The molecule has 0 saturated carbocycles. The van der Waals surface area contributed by atoms with Crippen LogP contribution in [0.5, 0.6) is 5.75 Å². The lowest BCUT2D eigenvalue weighted by molar-refractivity contribution is -0.165. The summed E-state index contributed by atoms with van der Waals surface area (Å²) in [4.78, 5) is 0. The van der Waals surface area contributed by atoms with Gasteiger partial charge in [0.25, 0.3) is 0 Å². The molecule has 1 aromatic rings. The molecule has 19 heavy (non-hydrogen) atoms. The summed E-state index contributed by atoms with van der Waals surface area (Å²) in [7, 11) is 0. The number of rotatable bonds is 3. The first-order valence-corrected chi connectivity index (χ1v) is 4.91. The molecule has 1 aromatic carbocycles. The monoisotopic (exact) mass is 283 g/mol. The maximum absolute atomic E-state index is 12.5. The first kappa shape index (κ1) is 15.1. The molecule has 0 aliphatic carbocycles. The minimum absolute atomic E-state index is 0.685. The third-order valence-corrected chi connectivity index (χ3v) is 2.15. The minimum Gasteiger partial charge on any atom is -0.491 e. The zero-order valence-corrected chi connectivity index (χ0v) is 9.22. The van der Waals surface area contributed by atoms with Gasteiger partial charge in [-0.2, -0.15) is 31.6 Å². The molecule has 0 heterocycles. The van der Waals surface area contributed by atoms with Gasteiger partial charge < -0.3 is 4.74 Å². The Morgan fingerprint density at radius 2 is 1.68 bits per heavy atom. The van der Waals surface area contributed by atoms with Crippen molar-refractivity contribution < 1.29 is 31.1 Å².